The average Bonchev–Trinajstić information content (AvgIpc) is 2.81. The summed E-state index contributed by atoms with van der Waals surface area (Å²) in [5.74, 6) is -4.61. The second-order valence-corrected chi connectivity index (χ2v) is 5.00. The number of carbonyl (C=O) groups is 1. The quantitative estimate of drug-likeness (QED) is 0.600. The molecule has 1 aromatic carbocycles. The fraction of sp³-hybridized carbons (Fsp3) is 0.143. The predicted molar refractivity (Wildman–Crippen MR) is 72.1 cm³/mol. The van der Waals surface area contributed by atoms with Crippen LogP contribution in [0.5, 0.6) is 11.5 Å². The minimum Gasteiger partial charge on any atom is -0.464 e. The summed E-state index contributed by atoms with van der Waals surface area (Å²) in [6, 6.07) is 2.39. The third-order valence-electron chi connectivity index (χ3n) is 3.04. The Morgan fingerprint density at radius 3 is 2.58 bits per heavy atom. The van der Waals surface area contributed by atoms with Crippen LogP contribution in [0.4, 0.5) is 17.6 Å². The molecular weight excluding hydrogens is 358 g/mol. The lowest BCUT2D eigenvalue weighted by atomic mass is 10.1. The number of aromatic nitrogens is 1. The summed E-state index contributed by atoms with van der Waals surface area (Å²) in [5.41, 5.74) is -1.17. The Balaban J connectivity index is 2.14. The van der Waals surface area contributed by atoms with Crippen molar-refractivity contribution in [3.8, 4) is 22.8 Å². The lowest BCUT2D eigenvalue weighted by Crippen LogP contribution is -2.26. The van der Waals surface area contributed by atoms with E-state index in [2.05, 4.69) is 19.2 Å². The molecule has 2 heterocycles. The molecule has 5 nitrogen and oxygen atoms in total. The molecule has 0 bridgehead atoms. The molecule has 24 heavy (non-hydrogen) atoms. The third-order valence-corrected chi connectivity index (χ3v) is 3.33. The molecular formula is C14H6ClF4NO4. The van der Waals surface area contributed by atoms with Crippen LogP contribution in [0.1, 0.15) is 10.5 Å². The molecule has 0 spiro atoms. The molecule has 1 aromatic heterocycles. The molecule has 10 heteroatoms. The van der Waals surface area contributed by atoms with E-state index in [9.17, 15) is 22.4 Å². The number of methoxy groups -OCH3 is 1. The molecule has 1 aliphatic rings. The van der Waals surface area contributed by atoms with Gasteiger partial charge in [-0.1, -0.05) is 11.6 Å². The van der Waals surface area contributed by atoms with Crippen molar-refractivity contribution in [1.82, 2.24) is 4.98 Å². The van der Waals surface area contributed by atoms with Crippen LogP contribution in [0.3, 0.4) is 0 Å². The minimum atomic E-state index is -4.04. The summed E-state index contributed by atoms with van der Waals surface area (Å²) in [5, 5.41) is -0.323. The molecule has 0 aliphatic carbocycles. The Kier molecular flexibility index (Phi) is 3.75. The number of esters is 1. The van der Waals surface area contributed by atoms with Gasteiger partial charge in [-0.05, 0) is 18.2 Å². The molecule has 1 aliphatic heterocycles. The molecule has 0 fully saturated rings. The van der Waals surface area contributed by atoms with Crippen LogP contribution < -0.4 is 9.47 Å². The second-order valence-electron chi connectivity index (χ2n) is 4.59. The Hall–Kier alpha value is -2.55. The Morgan fingerprint density at radius 1 is 1.21 bits per heavy atom. The van der Waals surface area contributed by atoms with Crippen molar-refractivity contribution in [2.75, 3.05) is 7.11 Å². The number of ether oxygens (including phenoxy) is 3. The summed E-state index contributed by atoms with van der Waals surface area (Å²) in [6.07, 6.45) is -4.04. The highest BCUT2D eigenvalue weighted by Gasteiger charge is 2.45. The van der Waals surface area contributed by atoms with Gasteiger partial charge in [0.2, 0.25) is 5.75 Å². The van der Waals surface area contributed by atoms with E-state index < -0.39 is 46.8 Å². The number of benzene rings is 1. The van der Waals surface area contributed by atoms with Crippen molar-refractivity contribution in [2.45, 2.75) is 6.29 Å². The standard InChI is InChI=1S/C14H6ClF4NO4/c1-22-13(21)11-6(15)4-7(16)10(20-11)5-2-8(17)12-9(3-5)23-14(18,19)24-12/h2-4H,1H3. The van der Waals surface area contributed by atoms with Gasteiger partial charge in [0.05, 0.1) is 12.1 Å². The Bertz CT molecular complexity index is 859. The van der Waals surface area contributed by atoms with Gasteiger partial charge in [0.25, 0.3) is 0 Å². The largest absolute Gasteiger partial charge is 0.586 e. The first-order valence-electron chi connectivity index (χ1n) is 6.26. The number of carbonyl (C=O) groups excluding carboxylic acids is 1. The average molecular weight is 364 g/mol. The number of hydrogen-bond acceptors (Lipinski definition) is 5. The van der Waals surface area contributed by atoms with Crippen LogP contribution in [-0.2, 0) is 4.74 Å². The zero-order valence-electron chi connectivity index (χ0n) is 11.7. The Morgan fingerprint density at radius 2 is 1.92 bits per heavy atom. The van der Waals surface area contributed by atoms with E-state index >= 15 is 0 Å². The molecule has 0 radical (unpaired) electrons. The van der Waals surface area contributed by atoms with Gasteiger partial charge in [0.15, 0.2) is 23.1 Å². The molecule has 0 saturated heterocycles. The fourth-order valence-corrected chi connectivity index (χ4v) is 2.27. The van der Waals surface area contributed by atoms with Crippen LogP contribution in [-0.4, -0.2) is 24.4 Å². The third kappa shape index (κ3) is 2.71. The number of halogens is 5. The van der Waals surface area contributed by atoms with Crippen molar-refractivity contribution in [1.29, 1.82) is 0 Å². The molecule has 3 rings (SSSR count). The smallest absolute Gasteiger partial charge is 0.464 e. The highest BCUT2D eigenvalue weighted by atomic mass is 35.5. The molecule has 0 atom stereocenters. The SMILES string of the molecule is COC(=O)c1nc(-c2cc(F)c3c(c2)OC(F)(F)O3)c(F)cc1Cl. The first-order valence-corrected chi connectivity index (χ1v) is 6.64. The van der Waals surface area contributed by atoms with E-state index in [1.54, 1.807) is 0 Å². The number of fused-ring (bicyclic) bond motifs is 1. The van der Waals surface area contributed by atoms with Crippen molar-refractivity contribution < 1.29 is 36.6 Å². The lowest BCUT2D eigenvalue weighted by molar-refractivity contribution is -0.287. The van der Waals surface area contributed by atoms with E-state index in [4.69, 9.17) is 11.6 Å². The van der Waals surface area contributed by atoms with Gasteiger partial charge in [0.1, 0.15) is 5.69 Å². The van der Waals surface area contributed by atoms with Crippen LogP contribution in [0.2, 0.25) is 5.02 Å². The van der Waals surface area contributed by atoms with Gasteiger partial charge in [0, 0.05) is 5.56 Å². The van der Waals surface area contributed by atoms with Crippen molar-refractivity contribution in [2.24, 2.45) is 0 Å². The molecule has 0 N–H and O–H groups in total. The lowest BCUT2D eigenvalue weighted by Gasteiger charge is -2.08. The summed E-state index contributed by atoms with van der Waals surface area (Å²) < 4.78 is 66.6. The van der Waals surface area contributed by atoms with Gasteiger partial charge in [-0.25, -0.2) is 18.6 Å². The van der Waals surface area contributed by atoms with E-state index in [-0.39, 0.29) is 10.6 Å². The Labute approximate surface area is 136 Å². The summed E-state index contributed by atoms with van der Waals surface area (Å²) in [4.78, 5) is 15.2. The second kappa shape index (κ2) is 5.52. The van der Waals surface area contributed by atoms with Crippen LogP contribution in [0.15, 0.2) is 18.2 Å². The number of pyridine rings is 1. The van der Waals surface area contributed by atoms with E-state index in [1.807, 2.05) is 0 Å². The molecule has 0 unspecified atom stereocenters. The predicted octanol–water partition coefficient (Wildman–Crippen LogP) is 3.79. The van der Waals surface area contributed by atoms with E-state index in [0.717, 1.165) is 19.2 Å². The van der Waals surface area contributed by atoms with Crippen LogP contribution in [0.25, 0.3) is 11.3 Å². The van der Waals surface area contributed by atoms with Crippen molar-refractivity contribution >= 4 is 17.6 Å². The van der Waals surface area contributed by atoms with Gasteiger partial charge in [-0.3, -0.25) is 0 Å². The molecule has 2 aromatic rings. The van der Waals surface area contributed by atoms with Crippen molar-refractivity contribution in [3.05, 3.63) is 40.6 Å². The van der Waals surface area contributed by atoms with Gasteiger partial charge in [-0.2, -0.15) is 0 Å². The van der Waals surface area contributed by atoms with Crippen LogP contribution in [0, 0.1) is 11.6 Å². The zero-order chi connectivity index (χ0) is 17.6. The monoisotopic (exact) mass is 363 g/mol. The maximum Gasteiger partial charge on any atom is 0.586 e. The molecule has 0 saturated carbocycles. The normalized spacial score (nSPS) is 14.6. The zero-order valence-corrected chi connectivity index (χ0v) is 12.5. The van der Waals surface area contributed by atoms with Crippen molar-refractivity contribution in [3.63, 3.8) is 0 Å². The number of rotatable bonds is 2. The van der Waals surface area contributed by atoms with Gasteiger partial charge >= 0.3 is 12.3 Å². The van der Waals surface area contributed by atoms with Gasteiger partial charge < -0.3 is 14.2 Å². The first-order chi connectivity index (χ1) is 11.2. The molecule has 0 amide bonds. The minimum absolute atomic E-state index is 0.258. The summed E-state index contributed by atoms with van der Waals surface area (Å²) in [6.45, 7) is 0. The van der Waals surface area contributed by atoms with E-state index in [1.165, 1.54) is 0 Å². The first kappa shape index (κ1) is 16.3. The number of alkyl halides is 2. The highest BCUT2D eigenvalue weighted by molar-refractivity contribution is 6.33. The highest BCUT2D eigenvalue weighted by Crippen LogP contribution is 2.45. The maximum absolute atomic E-state index is 14.1. The fourth-order valence-electron chi connectivity index (χ4n) is 2.06. The number of hydrogen-bond donors (Lipinski definition) is 0. The summed E-state index contributed by atoms with van der Waals surface area (Å²) in [7, 11) is 1.06. The summed E-state index contributed by atoms with van der Waals surface area (Å²) >= 11 is 5.70. The van der Waals surface area contributed by atoms with Crippen LogP contribution >= 0.6 is 11.6 Å². The van der Waals surface area contributed by atoms with E-state index in [0.29, 0.717) is 6.07 Å². The topological polar surface area (TPSA) is 57.7 Å². The molecule has 126 valence electrons. The number of nitrogens with zero attached hydrogens (tertiary/aromatic N) is 1. The maximum atomic E-state index is 14.1. The van der Waals surface area contributed by atoms with Gasteiger partial charge in [-0.15, -0.1) is 8.78 Å².